The Balaban J connectivity index is 2.09. The SMILES string of the molecule is O=Cc1ccn2ccc(C3OCCO3)cc12. The minimum atomic E-state index is -0.292. The third-order valence-electron chi connectivity index (χ3n) is 2.74. The molecule has 2 aromatic heterocycles. The Morgan fingerprint density at radius 3 is 2.75 bits per heavy atom. The van der Waals surface area contributed by atoms with Gasteiger partial charge in [-0.3, -0.25) is 4.79 Å². The van der Waals surface area contributed by atoms with E-state index in [0.717, 1.165) is 17.4 Å². The van der Waals surface area contributed by atoms with E-state index in [1.165, 1.54) is 0 Å². The Morgan fingerprint density at radius 2 is 2.00 bits per heavy atom. The Hall–Kier alpha value is -1.65. The molecule has 0 saturated carbocycles. The van der Waals surface area contributed by atoms with Gasteiger partial charge in [-0.05, 0) is 18.2 Å². The van der Waals surface area contributed by atoms with E-state index in [4.69, 9.17) is 9.47 Å². The lowest BCUT2D eigenvalue weighted by Crippen LogP contribution is -1.99. The van der Waals surface area contributed by atoms with Gasteiger partial charge in [-0.2, -0.15) is 0 Å². The molecular formula is C12H11NO3. The zero-order valence-electron chi connectivity index (χ0n) is 8.63. The maximum absolute atomic E-state index is 10.8. The van der Waals surface area contributed by atoms with Gasteiger partial charge < -0.3 is 13.9 Å². The number of pyridine rings is 1. The molecule has 16 heavy (non-hydrogen) atoms. The second-order valence-corrected chi connectivity index (χ2v) is 3.72. The molecule has 1 aliphatic rings. The summed E-state index contributed by atoms with van der Waals surface area (Å²) in [7, 11) is 0. The third kappa shape index (κ3) is 1.43. The van der Waals surface area contributed by atoms with Crippen LogP contribution in [0.25, 0.3) is 5.52 Å². The summed E-state index contributed by atoms with van der Waals surface area (Å²) in [6.45, 7) is 1.24. The number of aldehydes is 1. The van der Waals surface area contributed by atoms with Gasteiger partial charge in [0.1, 0.15) is 0 Å². The van der Waals surface area contributed by atoms with Crippen LogP contribution in [-0.2, 0) is 9.47 Å². The molecule has 3 heterocycles. The summed E-state index contributed by atoms with van der Waals surface area (Å²) in [5, 5.41) is 0. The van der Waals surface area contributed by atoms with Crippen LogP contribution in [0.2, 0.25) is 0 Å². The number of rotatable bonds is 2. The number of hydrogen-bond acceptors (Lipinski definition) is 3. The smallest absolute Gasteiger partial charge is 0.184 e. The van der Waals surface area contributed by atoms with Crippen molar-refractivity contribution in [3.05, 3.63) is 41.7 Å². The Morgan fingerprint density at radius 1 is 1.25 bits per heavy atom. The molecule has 1 saturated heterocycles. The minimum absolute atomic E-state index is 0.292. The average molecular weight is 217 g/mol. The van der Waals surface area contributed by atoms with Crippen molar-refractivity contribution in [3.8, 4) is 0 Å². The first-order valence-electron chi connectivity index (χ1n) is 5.17. The quantitative estimate of drug-likeness (QED) is 0.720. The summed E-state index contributed by atoms with van der Waals surface area (Å²) in [4.78, 5) is 10.8. The highest BCUT2D eigenvalue weighted by Crippen LogP contribution is 2.25. The number of aromatic nitrogens is 1. The van der Waals surface area contributed by atoms with Crippen LogP contribution >= 0.6 is 0 Å². The monoisotopic (exact) mass is 217 g/mol. The maximum Gasteiger partial charge on any atom is 0.184 e. The van der Waals surface area contributed by atoms with E-state index in [0.29, 0.717) is 18.8 Å². The second-order valence-electron chi connectivity index (χ2n) is 3.72. The summed E-state index contributed by atoms with van der Waals surface area (Å²) >= 11 is 0. The number of hydrogen-bond donors (Lipinski definition) is 0. The molecule has 0 atom stereocenters. The Bertz CT molecular complexity index is 526. The molecule has 1 aliphatic heterocycles. The van der Waals surface area contributed by atoms with Crippen LogP contribution in [-0.4, -0.2) is 23.9 Å². The molecule has 0 amide bonds. The zero-order chi connectivity index (χ0) is 11.0. The Labute approximate surface area is 92.4 Å². The number of ether oxygens (including phenoxy) is 2. The van der Waals surface area contributed by atoms with E-state index in [-0.39, 0.29) is 6.29 Å². The van der Waals surface area contributed by atoms with E-state index in [9.17, 15) is 4.79 Å². The van der Waals surface area contributed by atoms with Crippen molar-refractivity contribution in [1.29, 1.82) is 0 Å². The fourth-order valence-corrected chi connectivity index (χ4v) is 1.93. The van der Waals surface area contributed by atoms with Gasteiger partial charge in [0.15, 0.2) is 12.6 Å². The van der Waals surface area contributed by atoms with Crippen molar-refractivity contribution >= 4 is 11.8 Å². The molecule has 1 fully saturated rings. The molecule has 4 heteroatoms. The second kappa shape index (κ2) is 3.73. The zero-order valence-corrected chi connectivity index (χ0v) is 8.63. The van der Waals surface area contributed by atoms with Crippen molar-refractivity contribution in [3.63, 3.8) is 0 Å². The highest BCUT2D eigenvalue weighted by molar-refractivity contribution is 5.86. The van der Waals surface area contributed by atoms with Gasteiger partial charge in [0.25, 0.3) is 0 Å². The molecule has 0 bridgehead atoms. The molecule has 82 valence electrons. The fraction of sp³-hybridized carbons (Fsp3) is 0.250. The van der Waals surface area contributed by atoms with Crippen LogP contribution in [0, 0.1) is 0 Å². The number of nitrogens with zero attached hydrogens (tertiary/aromatic N) is 1. The van der Waals surface area contributed by atoms with Gasteiger partial charge >= 0.3 is 0 Å². The van der Waals surface area contributed by atoms with Gasteiger partial charge in [-0.25, -0.2) is 0 Å². The van der Waals surface area contributed by atoms with Crippen molar-refractivity contribution in [2.45, 2.75) is 6.29 Å². The van der Waals surface area contributed by atoms with E-state index in [1.807, 2.05) is 28.9 Å². The van der Waals surface area contributed by atoms with Crippen LogP contribution in [0.5, 0.6) is 0 Å². The van der Waals surface area contributed by atoms with E-state index in [2.05, 4.69) is 0 Å². The first-order valence-corrected chi connectivity index (χ1v) is 5.17. The van der Waals surface area contributed by atoms with Crippen molar-refractivity contribution < 1.29 is 14.3 Å². The molecule has 2 aromatic rings. The Kier molecular flexibility index (Phi) is 2.23. The standard InChI is InChI=1S/C12H11NO3/c14-8-10-2-4-13-3-1-9(7-11(10)13)12-15-5-6-16-12/h1-4,7-8,12H,5-6H2. The van der Waals surface area contributed by atoms with Gasteiger partial charge in [-0.1, -0.05) is 0 Å². The van der Waals surface area contributed by atoms with Crippen molar-refractivity contribution in [2.24, 2.45) is 0 Å². The van der Waals surface area contributed by atoms with Crippen molar-refractivity contribution in [1.82, 2.24) is 4.40 Å². The molecule has 3 rings (SSSR count). The lowest BCUT2D eigenvalue weighted by Gasteiger charge is -2.09. The molecule has 0 unspecified atom stereocenters. The summed E-state index contributed by atoms with van der Waals surface area (Å²) in [6, 6.07) is 5.67. The summed E-state index contributed by atoms with van der Waals surface area (Å²) in [5.41, 5.74) is 2.51. The third-order valence-corrected chi connectivity index (χ3v) is 2.74. The lowest BCUT2D eigenvalue weighted by molar-refractivity contribution is -0.0440. The minimum Gasteiger partial charge on any atom is -0.346 e. The lowest BCUT2D eigenvalue weighted by atomic mass is 10.2. The average Bonchev–Trinajstić information content (AvgIpc) is 2.97. The first kappa shape index (κ1) is 9.57. The summed E-state index contributed by atoms with van der Waals surface area (Å²) in [5.74, 6) is 0. The largest absolute Gasteiger partial charge is 0.346 e. The van der Waals surface area contributed by atoms with Crippen LogP contribution < -0.4 is 0 Å². The summed E-state index contributed by atoms with van der Waals surface area (Å²) in [6.07, 6.45) is 4.33. The fourth-order valence-electron chi connectivity index (χ4n) is 1.93. The number of carbonyl (C=O) groups excluding carboxylic acids is 1. The number of fused-ring (bicyclic) bond motifs is 1. The van der Waals surface area contributed by atoms with E-state index >= 15 is 0 Å². The maximum atomic E-state index is 10.8. The normalized spacial score (nSPS) is 17.0. The molecule has 0 N–H and O–H groups in total. The topological polar surface area (TPSA) is 39.9 Å². The predicted octanol–water partition coefficient (Wildman–Crippen LogP) is 1.80. The van der Waals surface area contributed by atoms with E-state index in [1.54, 1.807) is 6.07 Å². The molecular weight excluding hydrogens is 206 g/mol. The van der Waals surface area contributed by atoms with Gasteiger partial charge in [0.05, 0.1) is 18.7 Å². The molecule has 0 spiro atoms. The molecule has 0 radical (unpaired) electrons. The predicted molar refractivity (Wildman–Crippen MR) is 57.4 cm³/mol. The van der Waals surface area contributed by atoms with Gasteiger partial charge in [0.2, 0.25) is 0 Å². The number of carbonyl (C=O) groups is 1. The highest BCUT2D eigenvalue weighted by atomic mass is 16.7. The molecule has 0 aliphatic carbocycles. The molecule has 4 nitrogen and oxygen atoms in total. The van der Waals surface area contributed by atoms with Crippen molar-refractivity contribution in [2.75, 3.05) is 13.2 Å². The van der Waals surface area contributed by atoms with Gasteiger partial charge in [0, 0.05) is 23.5 Å². The first-order chi connectivity index (χ1) is 7.88. The van der Waals surface area contributed by atoms with Crippen LogP contribution in [0.15, 0.2) is 30.6 Å². The van der Waals surface area contributed by atoms with Crippen LogP contribution in [0.4, 0.5) is 0 Å². The summed E-state index contributed by atoms with van der Waals surface area (Å²) < 4.78 is 12.7. The highest BCUT2D eigenvalue weighted by Gasteiger charge is 2.18. The van der Waals surface area contributed by atoms with Crippen LogP contribution in [0.3, 0.4) is 0 Å². The van der Waals surface area contributed by atoms with E-state index < -0.39 is 0 Å². The van der Waals surface area contributed by atoms with Crippen LogP contribution in [0.1, 0.15) is 22.2 Å². The van der Waals surface area contributed by atoms with Gasteiger partial charge in [-0.15, -0.1) is 0 Å². The molecule has 0 aromatic carbocycles.